The average molecular weight is 217 g/mol. The quantitative estimate of drug-likeness (QED) is 0.783. The molecule has 1 aromatic rings. The van der Waals surface area contributed by atoms with E-state index in [9.17, 15) is 0 Å². The van der Waals surface area contributed by atoms with Crippen LogP contribution in [0.5, 0.6) is 5.75 Å². The molecule has 86 valence electrons. The number of nitrogens with one attached hydrogen (secondary N) is 1. The number of hydrogen-bond acceptors (Lipinski definition) is 2. The second-order valence-corrected chi connectivity index (χ2v) is 4.19. The molecule has 0 unspecified atom stereocenters. The fraction of sp³-hybridized carbons (Fsp3) is 0.429. The summed E-state index contributed by atoms with van der Waals surface area (Å²) in [6, 6.07) is 8.23. The third-order valence-electron chi connectivity index (χ3n) is 2.88. The summed E-state index contributed by atoms with van der Waals surface area (Å²) in [6.45, 7) is 5.86. The number of rotatable bonds is 4. The topological polar surface area (TPSA) is 21.3 Å². The maximum atomic E-state index is 6.03. The van der Waals surface area contributed by atoms with Crippen LogP contribution in [-0.2, 0) is 6.42 Å². The molecule has 1 aliphatic heterocycles. The molecule has 1 N–H and O–H groups in total. The van der Waals surface area contributed by atoms with Crippen molar-refractivity contribution < 1.29 is 4.74 Å². The van der Waals surface area contributed by atoms with Crippen LogP contribution in [0.2, 0.25) is 0 Å². The van der Waals surface area contributed by atoms with Crippen molar-refractivity contribution in [2.75, 3.05) is 13.1 Å². The number of piperidine rings is 1. The molecule has 0 aliphatic carbocycles. The predicted octanol–water partition coefficient (Wildman–Crippen LogP) is 2.55. The zero-order chi connectivity index (χ0) is 11.2. The van der Waals surface area contributed by atoms with Crippen LogP contribution in [0.15, 0.2) is 36.9 Å². The Hall–Kier alpha value is -1.28. The van der Waals surface area contributed by atoms with Crippen molar-refractivity contribution in [3.63, 3.8) is 0 Å². The summed E-state index contributed by atoms with van der Waals surface area (Å²) in [4.78, 5) is 0. The SMILES string of the molecule is C=CCc1ccccc1O[C@@H]1CCCNC1. The molecule has 2 rings (SSSR count). The van der Waals surface area contributed by atoms with E-state index >= 15 is 0 Å². The number of allylic oxidation sites excluding steroid dienone is 1. The number of para-hydroxylation sites is 1. The lowest BCUT2D eigenvalue weighted by atomic mass is 10.1. The second kappa shape index (κ2) is 5.71. The molecule has 1 aliphatic rings. The minimum Gasteiger partial charge on any atom is -0.489 e. The van der Waals surface area contributed by atoms with E-state index < -0.39 is 0 Å². The van der Waals surface area contributed by atoms with E-state index in [-0.39, 0.29) is 0 Å². The van der Waals surface area contributed by atoms with Gasteiger partial charge >= 0.3 is 0 Å². The van der Waals surface area contributed by atoms with Gasteiger partial charge < -0.3 is 10.1 Å². The molecule has 1 aromatic carbocycles. The van der Waals surface area contributed by atoms with Crippen molar-refractivity contribution >= 4 is 0 Å². The fourth-order valence-corrected chi connectivity index (χ4v) is 2.04. The van der Waals surface area contributed by atoms with Crippen molar-refractivity contribution in [1.82, 2.24) is 5.32 Å². The van der Waals surface area contributed by atoms with Gasteiger partial charge in [-0.15, -0.1) is 6.58 Å². The average Bonchev–Trinajstić information content (AvgIpc) is 2.33. The largest absolute Gasteiger partial charge is 0.489 e. The molecule has 0 radical (unpaired) electrons. The summed E-state index contributed by atoms with van der Waals surface area (Å²) in [5.41, 5.74) is 1.23. The Bertz CT molecular complexity index is 342. The van der Waals surface area contributed by atoms with E-state index in [1.165, 1.54) is 12.0 Å². The van der Waals surface area contributed by atoms with Gasteiger partial charge in [-0.1, -0.05) is 24.3 Å². The highest BCUT2D eigenvalue weighted by molar-refractivity contribution is 5.34. The van der Waals surface area contributed by atoms with Crippen molar-refractivity contribution in [2.45, 2.75) is 25.4 Å². The standard InChI is InChI=1S/C14H19NO/c1-2-6-12-7-3-4-9-14(12)16-13-8-5-10-15-11-13/h2-4,7,9,13,15H,1,5-6,8,10-11H2/t13-/m1/s1. The Morgan fingerprint density at radius 2 is 2.31 bits per heavy atom. The summed E-state index contributed by atoms with van der Waals surface area (Å²) >= 11 is 0. The minimum atomic E-state index is 0.319. The number of ether oxygens (including phenoxy) is 1. The van der Waals surface area contributed by atoms with E-state index in [0.717, 1.165) is 31.7 Å². The van der Waals surface area contributed by atoms with Gasteiger partial charge in [0.15, 0.2) is 0 Å². The first-order valence-corrected chi connectivity index (χ1v) is 5.96. The molecule has 1 saturated heterocycles. The summed E-state index contributed by atoms with van der Waals surface area (Å²) < 4.78 is 6.03. The first-order valence-electron chi connectivity index (χ1n) is 5.96. The third kappa shape index (κ3) is 2.86. The molecular formula is C14H19NO. The van der Waals surface area contributed by atoms with Crippen LogP contribution in [0.25, 0.3) is 0 Å². The number of benzene rings is 1. The summed E-state index contributed by atoms with van der Waals surface area (Å²) in [5.74, 6) is 1.01. The Kier molecular flexibility index (Phi) is 4.00. The zero-order valence-electron chi connectivity index (χ0n) is 9.61. The van der Waals surface area contributed by atoms with Gasteiger partial charge in [0.1, 0.15) is 11.9 Å². The summed E-state index contributed by atoms with van der Waals surface area (Å²) in [7, 11) is 0. The van der Waals surface area contributed by atoms with Crippen molar-refractivity contribution in [2.24, 2.45) is 0 Å². The van der Waals surface area contributed by atoms with Crippen LogP contribution in [-0.4, -0.2) is 19.2 Å². The first kappa shape index (κ1) is 11.2. The molecule has 1 fully saturated rings. The zero-order valence-corrected chi connectivity index (χ0v) is 9.61. The van der Waals surface area contributed by atoms with Gasteiger partial charge in [-0.25, -0.2) is 0 Å². The molecule has 0 saturated carbocycles. The van der Waals surface area contributed by atoms with Crippen molar-refractivity contribution in [3.8, 4) is 5.75 Å². The van der Waals surface area contributed by atoms with Gasteiger partial charge in [0.2, 0.25) is 0 Å². The molecular weight excluding hydrogens is 198 g/mol. The van der Waals surface area contributed by atoms with Crippen LogP contribution < -0.4 is 10.1 Å². The van der Waals surface area contributed by atoms with Gasteiger partial charge in [-0.05, 0) is 37.4 Å². The van der Waals surface area contributed by atoms with Gasteiger partial charge in [-0.2, -0.15) is 0 Å². The van der Waals surface area contributed by atoms with E-state index in [2.05, 4.69) is 18.0 Å². The fourth-order valence-electron chi connectivity index (χ4n) is 2.04. The van der Waals surface area contributed by atoms with Gasteiger partial charge in [0.05, 0.1) is 0 Å². The molecule has 1 atom stereocenters. The van der Waals surface area contributed by atoms with Crippen molar-refractivity contribution in [1.29, 1.82) is 0 Å². The van der Waals surface area contributed by atoms with E-state index in [1.807, 2.05) is 24.3 Å². The lowest BCUT2D eigenvalue weighted by molar-refractivity contribution is 0.166. The Labute approximate surface area is 97.3 Å². The number of hydrogen-bond donors (Lipinski definition) is 1. The highest BCUT2D eigenvalue weighted by Gasteiger charge is 2.15. The Morgan fingerprint density at radius 1 is 1.44 bits per heavy atom. The monoisotopic (exact) mass is 217 g/mol. The highest BCUT2D eigenvalue weighted by Crippen LogP contribution is 2.21. The molecule has 16 heavy (non-hydrogen) atoms. The van der Waals surface area contributed by atoms with E-state index in [4.69, 9.17) is 4.74 Å². The molecule has 0 amide bonds. The third-order valence-corrected chi connectivity index (χ3v) is 2.88. The van der Waals surface area contributed by atoms with Crippen LogP contribution in [0.4, 0.5) is 0 Å². The minimum absolute atomic E-state index is 0.319. The molecule has 0 aromatic heterocycles. The van der Waals surface area contributed by atoms with E-state index in [1.54, 1.807) is 0 Å². The summed E-state index contributed by atoms with van der Waals surface area (Å²) in [5, 5.41) is 3.36. The highest BCUT2D eigenvalue weighted by atomic mass is 16.5. The van der Waals surface area contributed by atoms with Gasteiger partial charge in [0.25, 0.3) is 0 Å². The Balaban J connectivity index is 2.04. The summed E-state index contributed by atoms with van der Waals surface area (Å²) in [6.07, 6.45) is 5.46. The lowest BCUT2D eigenvalue weighted by Crippen LogP contribution is -2.37. The van der Waals surface area contributed by atoms with E-state index in [0.29, 0.717) is 6.10 Å². The van der Waals surface area contributed by atoms with Crippen LogP contribution >= 0.6 is 0 Å². The predicted molar refractivity (Wildman–Crippen MR) is 66.9 cm³/mol. The molecule has 2 heteroatoms. The molecule has 1 heterocycles. The smallest absolute Gasteiger partial charge is 0.123 e. The second-order valence-electron chi connectivity index (χ2n) is 4.19. The molecule has 0 bridgehead atoms. The van der Waals surface area contributed by atoms with Gasteiger partial charge in [0, 0.05) is 6.54 Å². The maximum absolute atomic E-state index is 6.03. The van der Waals surface area contributed by atoms with Crippen LogP contribution in [0.3, 0.4) is 0 Å². The van der Waals surface area contributed by atoms with Crippen LogP contribution in [0, 0.1) is 0 Å². The first-order chi connectivity index (χ1) is 7.90. The Morgan fingerprint density at radius 3 is 3.06 bits per heavy atom. The van der Waals surface area contributed by atoms with Gasteiger partial charge in [-0.3, -0.25) is 0 Å². The molecule has 0 spiro atoms. The van der Waals surface area contributed by atoms with Crippen molar-refractivity contribution in [3.05, 3.63) is 42.5 Å². The lowest BCUT2D eigenvalue weighted by Gasteiger charge is -2.25. The maximum Gasteiger partial charge on any atom is 0.123 e. The van der Waals surface area contributed by atoms with Crippen LogP contribution in [0.1, 0.15) is 18.4 Å². The normalized spacial score (nSPS) is 20.4. The molecule has 2 nitrogen and oxygen atoms in total.